The van der Waals surface area contributed by atoms with Crippen LogP contribution in [0.15, 0.2) is 48.6 Å². The van der Waals surface area contributed by atoms with Crippen molar-refractivity contribution in [2.75, 3.05) is 52.9 Å². The van der Waals surface area contributed by atoms with E-state index >= 15 is 0 Å². The molecule has 288 valence electrons. The summed E-state index contributed by atoms with van der Waals surface area (Å²) in [6.45, 7) is 20.4. The molecule has 0 saturated carbocycles. The van der Waals surface area contributed by atoms with Gasteiger partial charge in [-0.2, -0.15) is 0 Å². The number of carbonyl (C=O) groups excluding carboxylic acids is 4. The van der Waals surface area contributed by atoms with E-state index in [2.05, 4.69) is 44.4 Å². The van der Waals surface area contributed by atoms with Gasteiger partial charge in [0.2, 0.25) is 0 Å². The first kappa shape index (κ1) is 53.7. The summed E-state index contributed by atoms with van der Waals surface area (Å²) in [5, 5.41) is 0. The molecule has 0 saturated heterocycles. The number of ether oxygens (including phenoxy) is 4. The topological polar surface area (TPSA) is 222 Å². The van der Waals surface area contributed by atoms with Crippen LogP contribution in [0.1, 0.15) is 79.1 Å². The smallest absolute Gasteiger partial charge is 0.756 e. The van der Waals surface area contributed by atoms with Crippen LogP contribution < -0.4 is 9.79 Å². The first-order valence-corrected chi connectivity index (χ1v) is 18.7. The molecular weight excluding hydrogens is 742 g/mol. The van der Waals surface area contributed by atoms with Crippen LogP contribution in [0.2, 0.25) is 0 Å². The molecule has 0 fully saturated rings. The SMILES string of the molecule is C=C(C)C(=O)OCCCCOP(=O)([O-])OCCCCOC(=O)C(=C)C.C=C(C)C(=O)OCCCCOP(=O)([O-])OCCCCOC(=O)C(=C)C.[Ca+2]. The molecule has 16 nitrogen and oxygen atoms in total. The van der Waals surface area contributed by atoms with Crippen molar-refractivity contribution in [1.82, 2.24) is 0 Å². The molecule has 0 rings (SSSR count). The number of hydrogen-bond donors (Lipinski definition) is 0. The molecule has 0 aromatic rings. The maximum absolute atomic E-state index is 11.5. The van der Waals surface area contributed by atoms with Crippen molar-refractivity contribution in [3.63, 3.8) is 0 Å². The summed E-state index contributed by atoms with van der Waals surface area (Å²) in [6, 6.07) is 0. The zero-order valence-corrected chi connectivity index (χ0v) is 34.3. The number of unbranched alkanes of at least 4 members (excludes halogenated alkanes) is 4. The normalized spacial score (nSPS) is 10.8. The number of hydrogen-bond acceptors (Lipinski definition) is 16. The molecule has 0 spiro atoms. The summed E-state index contributed by atoms with van der Waals surface area (Å²) in [4.78, 5) is 67.4. The number of esters is 4. The van der Waals surface area contributed by atoms with Crippen LogP contribution in [0.4, 0.5) is 0 Å². The van der Waals surface area contributed by atoms with Gasteiger partial charge in [0.05, 0.1) is 52.9 Å². The Morgan fingerprint density at radius 1 is 0.412 bits per heavy atom. The monoisotopic (exact) mass is 794 g/mol. The van der Waals surface area contributed by atoms with Gasteiger partial charge in [0, 0.05) is 22.3 Å². The summed E-state index contributed by atoms with van der Waals surface area (Å²) in [7, 11) is -8.71. The summed E-state index contributed by atoms with van der Waals surface area (Å²) in [5.41, 5.74) is 1.23. The second kappa shape index (κ2) is 31.8. The number of carbonyl (C=O) groups is 4. The third-order valence-electron chi connectivity index (χ3n) is 5.48. The molecule has 0 atom stereocenters. The van der Waals surface area contributed by atoms with Crippen molar-refractivity contribution >= 4 is 77.3 Å². The van der Waals surface area contributed by atoms with Crippen LogP contribution in [-0.2, 0) is 65.4 Å². The average Bonchev–Trinajstić information content (AvgIpc) is 3.03. The van der Waals surface area contributed by atoms with Crippen LogP contribution >= 0.6 is 15.6 Å². The molecule has 0 aromatic heterocycles. The van der Waals surface area contributed by atoms with Gasteiger partial charge in [-0.3, -0.25) is 9.13 Å². The molecule has 0 aromatic carbocycles. The van der Waals surface area contributed by atoms with Gasteiger partial charge in [0.15, 0.2) is 0 Å². The van der Waals surface area contributed by atoms with Gasteiger partial charge < -0.3 is 46.8 Å². The maximum atomic E-state index is 11.5. The molecule has 0 bridgehead atoms. The Balaban J connectivity index is -0.000000886. The summed E-state index contributed by atoms with van der Waals surface area (Å²) in [5.74, 6) is -1.92. The minimum atomic E-state index is -4.35. The molecule has 0 aliphatic heterocycles. The Labute approximate surface area is 331 Å². The van der Waals surface area contributed by atoms with Crippen molar-refractivity contribution < 1.29 is 75.1 Å². The minimum Gasteiger partial charge on any atom is -0.756 e. The van der Waals surface area contributed by atoms with Crippen molar-refractivity contribution in [2.24, 2.45) is 0 Å². The zero-order valence-electron chi connectivity index (χ0n) is 30.3. The van der Waals surface area contributed by atoms with Gasteiger partial charge in [-0.1, -0.05) is 26.3 Å². The summed E-state index contributed by atoms with van der Waals surface area (Å²) >= 11 is 0. The van der Waals surface area contributed by atoms with Crippen molar-refractivity contribution in [3.05, 3.63) is 48.6 Å². The van der Waals surface area contributed by atoms with Gasteiger partial charge in [-0.25, -0.2) is 19.2 Å². The molecular formula is C32H52CaO16P2. The van der Waals surface area contributed by atoms with E-state index in [9.17, 15) is 38.1 Å². The fraction of sp³-hybridized carbons (Fsp3) is 0.625. The van der Waals surface area contributed by atoms with Crippen LogP contribution in [0.3, 0.4) is 0 Å². The van der Waals surface area contributed by atoms with E-state index in [1.54, 1.807) is 27.7 Å². The Morgan fingerprint density at radius 2 is 0.569 bits per heavy atom. The zero-order chi connectivity index (χ0) is 38.6. The van der Waals surface area contributed by atoms with Crippen LogP contribution in [0.5, 0.6) is 0 Å². The van der Waals surface area contributed by atoms with E-state index in [1.165, 1.54) is 0 Å². The third kappa shape index (κ3) is 35.1. The van der Waals surface area contributed by atoms with Crippen LogP contribution in [-0.4, -0.2) is 114 Å². The Morgan fingerprint density at radius 3 is 0.725 bits per heavy atom. The molecule has 19 heteroatoms. The quantitative estimate of drug-likeness (QED) is 0.0270. The van der Waals surface area contributed by atoms with Crippen molar-refractivity contribution in [1.29, 1.82) is 0 Å². The largest absolute Gasteiger partial charge is 2.00 e. The fourth-order valence-electron chi connectivity index (χ4n) is 2.75. The number of rotatable bonds is 28. The molecule has 0 aliphatic rings. The van der Waals surface area contributed by atoms with E-state index in [0.29, 0.717) is 73.7 Å². The average molecular weight is 795 g/mol. The van der Waals surface area contributed by atoms with Gasteiger partial charge in [-0.05, 0) is 79.1 Å². The number of phosphoric acid groups is 2. The Kier molecular flexibility index (Phi) is 33.5. The van der Waals surface area contributed by atoms with Gasteiger partial charge in [-0.15, -0.1) is 0 Å². The Bertz CT molecular complexity index is 1040. The molecule has 0 amide bonds. The first-order chi connectivity index (χ1) is 23.3. The second-order valence-corrected chi connectivity index (χ2v) is 13.5. The Hall–Kier alpha value is -1.68. The van der Waals surface area contributed by atoms with E-state index in [4.69, 9.17) is 18.9 Å². The van der Waals surface area contributed by atoms with Gasteiger partial charge in [0.1, 0.15) is 0 Å². The summed E-state index contributed by atoms with van der Waals surface area (Å²) in [6.07, 6.45) is 3.46. The predicted octanol–water partition coefficient (Wildman–Crippen LogP) is 4.19. The van der Waals surface area contributed by atoms with E-state index < -0.39 is 39.5 Å². The van der Waals surface area contributed by atoms with Crippen LogP contribution in [0.25, 0.3) is 0 Å². The molecule has 51 heavy (non-hydrogen) atoms. The minimum absolute atomic E-state index is 0. The van der Waals surface area contributed by atoms with Gasteiger partial charge >= 0.3 is 61.6 Å². The second-order valence-electron chi connectivity index (χ2n) is 10.7. The molecule has 0 heterocycles. The van der Waals surface area contributed by atoms with E-state index in [0.717, 1.165) is 0 Å². The predicted molar refractivity (Wildman–Crippen MR) is 185 cm³/mol. The molecule has 0 unspecified atom stereocenters. The summed E-state index contributed by atoms with van der Waals surface area (Å²) < 4.78 is 61.1. The number of phosphoric ester groups is 2. The maximum Gasteiger partial charge on any atom is 2.00 e. The fourth-order valence-corrected chi connectivity index (χ4v) is 4.31. The molecule has 0 N–H and O–H groups in total. The standard InChI is InChI=1S/2C16H27O8P.Ca/c2*1-13(2)15(17)21-9-5-7-11-23-25(19,20)24-12-8-6-10-22-16(18)14(3)4;/h2*1,3,5-12H2,2,4H3,(H,19,20);/q;;+2/p-2. The van der Waals surface area contributed by atoms with Crippen molar-refractivity contribution in [3.8, 4) is 0 Å². The first-order valence-electron chi connectivity index (χ1n) is 15.8. The van der Waals surface area contributed by atoms with E-state index in [1.807, 2.05) is 0 Å². The third-order valence-corrected chi connectivity index (χ3v) is 7.47. The van der Waals surface area contributed by atoms with E-state index in [-0.39, 0.29) is 90.6 Å². The van der Waals surface area contributed by atoms with Gasteiger partial charge in [0.25, 0.3) is 15.6 Å². The molecule has 0 radical (unpaired) electrons. The molecule has 0 aliphatic carbocycles. The van der Waals surface area contributed by atoms with Crippen molar-refractivity contribution in [2.45, 2.75) is 79.1 Å². The van der Waals surface area contributed by atoms with Crippen LogP contribution in [0, 0.1) is 0 Å².